The van der Waals surface area contributed by atoms with Gasteiger partial charge in [-0.1, -0.05) is 19.1 Å². The summed E-state index contributed by atoms with van der Waals surface area (Å²) in [6, 6.07) is 13.5. The van der Waals surface area contributed by atoms with Crippen molar-refractivity contribution in [3.63, 3.8) is 0 Å². The Kier molecular flexibility index (Phi) is 5.93. The van der Waals surface area contributed by atoms with E-state index in [4.69, 9.17) is 9.47 Å². The molecule has 1 aliphatic carbocycles. The minimum atomic E-state index is -0.423. The molecule has 1 fully saturated rings. The number of amides is 2. The van der Waals surface area contributed by atoms with E-state index in [2.05, 4.69) is 10.6 Å². The Morgan fingerprint density at radius 3 is 2.36 bits per heavy atom. The highest BCUT2D eigenvalue weighted by atomic mass is 16.5. The average molecular weight is 382 g/mol. The number of para-hydroxylation sites is 2. The molecule has 0 unspecified atom stereocenters. The van der Waals surface area contributed by atoms with E-state index in [1.54, 1.807) is 42.5 Å². The summed E-state index contributed by atoms with van der Waals surface area (Å²) in [7, 11) is 1.53. The molecule has 0 heterocycles. The van der Waals surface area contributed by atoms with E-state index >= 15 is 0 Å². The number of methoxy groups -OCH3 is 1. The van der Waals surface area contributed by atoms with Crippen molar-refractivity contribution >= 4 is 29.2 Å². The predicted octanol–water partition coefficient (Wildman–Crippen LogP) is 3.09. The second-order valence-electron chi connectivity index (χ2n) is 6.71. The van der Waals surface area contributed by atoms with E-state index in [0.717, 1.165) is 6.42 Å². The van der Waals surface area contributed by atoms with Crippen LogP contribution in [0.5, 0.6) is 5.75 Å². The molecule has 2 aromatic rings. The van der Waals surface area contributed by atoms with Crippen molar-refractivity contribution in [3.05, 3.63) is 54.1 Å². The summed E-state index contributed by atoms with van der Waals surface area (Å²) in [5.41, 5.74) is 1.51. The van der Waals surface area contributed by atoms with Crippen LogP contribution in [0.1, 0.15) is 23.7 Å². The Labute approximate surface area is 163 Å². The number of hydrogen-bond donors (Lipinski definition) is 2. The molecule has 2 N–H and O–H groups in total. The first-order chi connectivity index (χ1) is 13.5. The van der Waals surface area contributed by atoms with Gasteiger partial charge < -0.3 is 20.1 Å². The number of nitrogens with one attached hydrogen (secondary N) is 2. The van der Waals surface area contributed by atoms with E-state index < -0.39 is 5.91 Å². The fourth-order valence-corrected chi connectivity index (χ4v) is 2.74. The van der Waals surface area contributed by atoms with Crippen LogP contribution >= 0.6 is 0 Å². The number of carbonyl (C=O) groups is 3. The summed E-state index contributed by atoms with van der Waals surface area (Å²) in [6.45, 7) is 1.65. The Morgan fingerprint density at radius 1 is 1.04 bits per heavy atom. The Bertz CT molecular complexity index is 879. The molecule has 0 aromatic heterocycles. The van der Waals surface area contributed by atoms with Crippen LogP contribution in [0.25, 0.3) is 0 Å². The van der Waals surface area contributed by atoms with Gasteiger partial charge >= 0.3 is 5.97 Å². The van der Waals surface area contributed by atoms with Crippen molar-refractivity contribution < 1.29 is 23.9 Å². The van der Waals surface area contributed by atoms with Crippen LogP contribution in [0.4, 0.5) is 11.4 Å². The monoisotopic (exact) mass is 382 g/mol. The summed E-state index contributed by atoms with van der Waals surface area (Å²) in [4.78, 5) is 35.9. The van der Waals surface area contributed by atoms with E-state index in [-0.39, 0.29) is 24.4 Å². The molecule has 0 saturated heterocycles. The molecule has 2 amide bonds. The normalized spacial score (nSPS) is 17.4. The van der Waals surface area contributed by atoms with E-state index in [0.29, 0.717) is 28.6 Å². The average Bonchev–Trinajstić information content (AvgIpc) is 3.44. The van der Waals surface area contributed by atoms with Gasteiger partial charge in [-0.25, -0.2) is 0 Å². The summed E-state index contributed by atoms with van der Waals surface area (Å²) < 4.78 is 10.2. The van der Waals surface area contributed by atoms with Gasteiger partial charge in [-0.3, -0.25) is 14.4 Å². The maximum Gasteiger partial charge on any atom is 0.309 e. The van der Waals surface area contributed by atoms with Gasteiger partial charge in [0.15, 0.2) is 6.61 Å². The Morgan fingerprint density at radius 2 is 1.71 bits per heavy atom. The van der Waals surface area contributed by atoms with Gasteiger partial charge in [0.25, 0.3) is 11.8 Å². The van der Waals surface area contributed by atoms with Gasteiger partial charge in [0.05, 0.1) is 18.7 Å². The van der Waals surface area contributed by atoms with Crippen molar-refractivity contribution in [2.45, 2.75) is 13.3 Å². The third-order valence-corrected chi connectivity index (χ3v) is 4.54. The molecule has 7 heteroatoms. The van der Waals surface area contributed by atoms with Crippen LogP contribution in [-0.2, 0) is 14.3 Å². The molecule has 1 aliphatic rings. The molecule has 28 heavy (non-hydrogen) atoms. The van der Waals surface area contributed by atoms with Crippen LogP contribution in [0.2, 0.25) is 0 Å². The van der Waals surface area contributed by atoms with Crippen LogP contribution in [0.15, 0.2) is 48.5 Å². The number of ether oxygens (including phenoxy) is 2. The fraction of sp³-hybridized carbons (Fsp3) is 0.286. The zero-order valence-corrected chi connectivity index (χ0v) is 15.7. The van der Waals surface area contributed by atoms with E-state index in [1.807, 2.05) is 13.0 Å². The number of benzene rings is 2. The van der Waals surface area contributed by atoms with Crippen molar-refractivity contribution in [1.82, 2.24) is 0 Å². The van der Waals surface area contributed by atoms with Crippen molar-refractivity contribution in [3.8, 4) is 5.75 Å². The first-order valence-corrected chi connectivity index (χ1v) is 8.99. The maximum absolute atomic E-state index is 12.4. The Hall–Kier alpha value is -3.35. The molecule has 0 bridgehead atoms. The number of carbonyl (C=O) groups excluding carboxylic acids is 3. The molecule has 1 saturated carbocycles. The number of hydrogen-bond acceptors (Lipinski definition) is 5. The smallest absolute Gasteiger partial charge is 0.309 e. The number of esters is 1. The number of anilines is 2. The second kappa shape index (κ2) is 8.56. The maximum atomic E-state index is 12.4. The van der Waals surface area contributed by atoms with Gasteiger partial charge in [0.1, 0.15) is 5.75 Å². The summed E-state index contributed by atoms with van der Waals surface area (Å²) in [6.07, 6.45) is 0.818. The van der Waals surface area contributed by atoms with Crippen molar-refractivity contribution in [1.29, 1.82) is 0 Å². The highest BCUT2D eigenvalue weighted by Gasteiger charge is 2.40. The predicted molar refractivity (Wildman–Crippen MR) is 104 cm³/mol. The van der Waals surface area contributed by atoms with Crippen LogP contribution < -0.4 is 15.4 Å². The standard InChI is InChI=1S/C21H22N2O5/c1-13-11-16(13)21(26)28-12-19(24)22-15-9-7-14(8-10-15)20(25)23-17-5-3-4-6-18(17)27-2/h3-10,13,16H,11-12H2,1-2H3,(H,22,24)(H,23,25)/t13-,16-/m1/s1. The second-order valence-corrected chi connectivity index (χ2v) is 6.71. The topological polar surface area (TPSA) is 93.7 Å². The largest absolute Gasteiger partial charge is 0.495 e. The van der Waals surface area contributed by atoms with Crippen LogP contribution in [0, 0.1) is 11.8 Å². The lowest BCUT2D eigenvalue weighted by atomic mass is 10.2. The molecule has 0 spiro atoms. The zero-order chi connectivity index (χ0) is 20.1. The molecule has 7 nitrogen and oxygen atoms in total. The van der Waals surface area contributed by atoms with E-state index in [9.17, 15) is 14.4 Å². The van der Waals surface area contributed by atoms with Crippen LogP contribution in [-0.4, -0.2) is 31.5 Å². The summed E-state index contributed by atoms with van der Waals surface area (Å²) in [5.74, 6) is -0.220. The Balaban J connectivity index is 1.52. The molecular formula is C21H22N2O5. The minimum Gasteiger partial charge on any atom is -0.495 e. The lowest BCUT2D eigenvalue weighted by Gasteiger charge is -2.10. The van der Waals surface area contributed by atoms with Gasteiger partial charge in [0, 0.05) is 11.3 Å². The highest BCUT2D eigenvalue weighted by Crippen LogP contribution is 2.38. The summed E-state index contributed by atoms with van der Waals surface area (Å²) >= 11 is 0. The molecule has 2 aromatic carbocycles. The molecular weight excluding hydrogens is 360 g/mol. The van der Waals surface area contributed by atoms with Crippen molar-refractivity contribution in [2.24, 2.45) is 11.8 Å². The highest BCUT2D eigenvalue weighted by molar-refractivity contribution is 6.05. The summed E-state index contributed by atoms with van der Waals surface area (Å²) in [5, 5.41) is 5.42. The van der Waals surface area contributed by atoms with Gasteiger partial charge in [0.2, 0.25) is 0 Å². The molecule has 0 radical (unpaired) electrons. The lowest BCUT2D eigenvalue weighted by molar-refractivity contribution is -0.148. The SMILES string of the molecule is COc1ccccc1NC(=O)c1ccc(NC(=O)COC(=O)[C@@H]2C[C@H]2C)cc1. The molecule has 146 valence electrons. The fourth-order valence-electron chi connectivity index (χ4n) is 2.74. The number of rotatable bonds is 7. The van der Waals surface area contributed by atoms with Crippen LogP contribution in [0.3, 0.4) is 0 Å². The minimum absolute atomic E-state index is 0.0752. The van der Waals surface area contributed by atoms with E-state index in [1.165, 1.54) is 7.11 Å². The first kappa shape index (κ1) is 19.4. The quantitative estimate of drug-likeness (QED) is 0.718. The zero-order valence-electron chi connectivity index (χ0n) is 15.7. The van der Waals surface area contributed by atoms with Gasteiger partial charge in [-0.05, 0) is 48.7 Å². The molecule has 0 aliphatic heterocycles. The first-order valence-electron chi connectivity index (χ1n) is 8.99. The molecule has 2 atom stereocenters. The molecule has 3 rings (SSSR count). The third-order valence-electron chi connectivity index (χ3n) is 4.54. The lowest BCUT2D eigenvalue weighted by Crippen LogP contribution is -2.21. The van der Waals surface area contributed by atoms with Crippen molar-refractivity contribution in [2.75, 3.05) is 24.4 Å². The van der Waals surface area contributed by atoms with Gasteiger partial charge in [-0.2, -0.15) is 0 Å². The third kappa shape index (κ3) is 4.88. The van der Waals surface area contributed by atoms with Gasteiger partial charge in [-0.15, -0.1) is 0 Å².